The number of methoxy groups -OCH3 is 4. The van der Waals surface area contributed by atoms with Gasteiger partial charge in [0.05, 0.1) is 40.9 Å². The summed E-state index contributed by atoms with van der Waals surface area (Å²) in [6.07, 6.45) is 9.50. The molecule has 0 saturated heterocycles. The fraction of sp³-hybridized carbons (Fsp3) is 0.429. The van der Waals surface area contributed by atoms with Crippen LogP contribution in [0.1, 0.15) is 62.5 Å². The number of rotatable bonds is 17. The number of amides is 2. The van der Waals surface area contributed by atoms with Gasteiger partial charge in [-0.2, -0.15) is 10.2 Å². The lowest BCUT2D eigenvalue weighted by atomic mass is 10.1. The molecule has 2 rings (SSSR count). The molecule has 10 nitrogen and oxygen atoms in total. The Morgan fingerprint density at radius 3 is 1.34 bits per heavy atom. The molecule has 0 unspecified atom stereocenters. The molecule has 2 amide bonds. The van der Waals surface area contributed by atoms with Crippen molar-refractivity contribution in [2.75, 3.05) is 28.4 Å². The van der Waals surface area contributed by atoms with Crippen LogP contribution >= 0.6 is 0 Å². The van der Waals surface area contributed by atoms with E-state index in [1.807, 2.05) is 12.1 Å². The van der Waals surface area contributed by atoms with Crippen molar-refractivity contribution in [3.63, 3.8) is 0 Å². The first-order chi connectivity index (χ1) is 18.5. The molecule has 0 bridgehead atoms. The first kappa shape index (κ1) is 30.1. The lowest BCUT2D eigenvalue weighted by Crippen LogP contribution is -2.17. The number of unbranched alkanes of at least 4 members (excludes halogenated alkanes) is 5. The predicted octanol–water partition coefficient (Wildman–Crippen LogP) is 4.44. The molecule has 0 spiro atoms. The van der Waals surface area contributed by atoms with Crippen molar-refractivity contribution >= 4 is 24.2 Å². The predicted molar refractivity (Wildman–Crippen MR) is 148 cm³/mol. The van der Waals surface area contributed by atoms with Gasteiger partial charge in [0, 0.05) is 12.8 Å². The van der Waals surface area contributed by atoms with Crippen LogP contribution in [-0.4, -0.2) is 52.7 Å². The van der Waals surface area contributed by atoms with Crippen molar-refractivity contribution in [3.05, 3.63) is 47.5 Å². The average molecular weight is 527 g/mol. The van der Waals surface area contributed by atoms with E-state index < -0.39 is 0 Å². The summed E-state index contributed by atoms with van der Waals surface area (Å²) in [7, 11) is 6.28. The maximum atomic E-state index is 12.0. The second kappa shape index (κ2) is 17.4. The SMILES string of the molecule is COc1ccc(C=NNC(=O)CCCCCCCCC(=O)NN=Cc2ccc(OC)c(OC)c2)cc1OC. The molecule has 2 aromatic rings. The van der Waals surface area contributed by atoms with E-state index in [1.54, 1.807) is 65.1 Å². The second-order valence-electron chi connectivity index (χ2n) is 8.44. The van der Waals surface area contributed by atoms with Crippen LogP contribution < -0.4 is 29.8 Å². The van der Waals surface area contributed by atoms with E-state index in [-0.39, 0.29) is 11.8 Å². The fourth-order valence-corrected chi connectivity index (χ4v) is 3.61. The van der Waals surface area contributed by atoms with Crippen LogP contribution in [-0.2, 0) is 9.59 Å². The zero-order valence-corrected chi connectivity index (χ0v) is 22.6. The molecule has 206 valence electrons. The molecule has 10 heteroatoms. The van der Waals surface area contributed by atoms with Gasteiger partial charge >= 0.3 is 0 Å². The van der Waals surface area contributed by atoms with E-state index >= 15 is 0 Å². The Morgan fingerprint density at radius 2 is 0.974 bits per heavy atom. The molecule has 0 fully saturated rings. The van der Waals surface area contributed by atoms with Crippen LogP contribution in [0.4, 0.5) is 0 Å². The largest absolute Gasteiger partial charge is 0.493 e. The van der Waals surface area contributed by atoms with Gasteiger partial charge in [-0.1, -0.05) is 25.7 Å². The first-order valence-corrected chi connectivity index (χ1v) is 12.6. The third kappa shape index (κ3) is 10.9. The summed E-state index contributed by atoms with van der Waals surface area (Å²) < 4.78 is 20.9. The number of nitrogens with one attached hydrogen (secondary N) is 2. The third-order valence-corrected chi connectivity index (χ3v) is 5.68. The summed E-state index contributed by atoms with van der Waals surface area (Å²) >= 11 is 0. The average Bonchev–Trinajstić information content (AvgIpc) is 2.94. The van der Waals surface area contributed by atoms with Gasteiger partial charge in [-0.3, -0.25) is 9.59 Å². The monoisotopic (exact) mass is 526 g/mol. The van der Waals surface area contributed by atoms with E-state index in [2.05, 4.69) is 21.1 Å². The summed E-state index contributed by atoms with van der Waals surface area (Å²) in [5.41, 5.74) is 6.68. The van der Waals surface area contributed by atoms with Crippen LogP contribution in [0.5, 0.6) is 23.0 Å². The van der Waals surface area contributed by atoms with Crippen molar-refractivity contribution in [1.82, 2.24) is 10.9 Å². The number of hydrogen-bond donors (Lipinski definition) is 2. The lowest BCUT2D eigenvalue weighted by molar-refractivity contribution is -0.122. The number of hydrazone groups is 2. The Bertz CT molecular complexity index is 1000. The van der Waals surface area contributed by atoms with Gasteiger partial charge in [0.25, 0.3) is 0 Å². The maximum Gasteiger partial charge on any atom is 0.240 e. The molecule has 0 aliphatic rings. The fourth-order valence-electron chi connectivity index (χ4n) is 3.61. The van der Waals surface area contributed by atoms with Gasteiger partial charge in [-0.15, -0.1) is 0 Å². The number of benzene rings is 2. The highest BCUT2D eigenvalue weighted by molar-refractivity contribution is 5.84. The first-order valence-electron chi connectivity index (χ1n) is 12.6. The van der Waals surface area contributed by atoms with E-state index in [1.165, 1.54) is 0 Å². The summed E-state index contributed by atoms with van der Waals surface area (Å²) in [6, 6.07) is 10.8. The quantitative estimate of drug-likeness (QED) is 0.179. The minimum absolute atomic E-state index is 0.118. The molecular formula is C28H38N4O6. The Labute approximate surface area is 224 Å². The smallest absolute Gasteiger partial charge is 0.240 e. The topological polar surface area (TPSA) is 120 Å². The normalized spacial score (nSPS) is 10.9. The highest BCUT2D eigenvalue weighted by atomic mass is 16.5. The minimum atomic E-state index is -0.118. The molecule has 0 aromatic heterocycles. The Balaban J connectivity index is 1.51. The molecule has 0 heterocycles. The Hall–Kier alpha value is -4.08. The van der Waals surface area contributed by atoms with Crippen molar-refractivity contribution in [2.45, 2.75) is 51.4 Å². The highest BCUT2D eigenvalue weighted by Gasteiger charge is 2.05. The molecule has 0 aliphatic carbocycles. The number of carbonyl (C=O) groups is 2. The van der Waals surface area contributed by atoms with Crippen molar-refractivity contribution in [3.8, 4) is 23.0 Å². The molecular weight excluding hydrogens is 488 g/mol. The maximum absolute atomic E-state index is 12.0. The van der Waals surface area contributed by atoms with Gasteiger partial charge in [0.1, 0.15) is 0 Å². The van der Waals surface area contributed by atoms with Gasteiger partial charge in [-0.05, 0) is 60.4 Å². The van der Waals surface area contributed by atoms with Gasteiger partial charge in [0.2, 0.25) is 11.8 Å². The lowest BCUT2D eigenvalue weighted by Gasteiger charge is -2.07. The standard InChI is InChI=1S/C28H38N4O6/c1-35-23-15-13-21(17-25(23)37-3)19-29-31-27(33)11-9-7-5-6-8-10-12-28(34)32-30-20-22-14-16-24(36-2)26(18-22)38-4/h13-20H,5-12H2,1-4H3,(H,31,33)(H,32,34). The third-order valence-electron chi connectivity index (χ3n) is 5.68. The van der Waals surface area contributed by atoms with Crippen LogP contribution in [0.2, 0.25) is 0 Å². The molecule has 2 N–H and O–H groups in total. The zero-order chi connectivity index (χ0) is 27.6. The molecule has 0 saturated carbocycles. The number of nitrogens with zero attached hydrogens (tertiary/aromatic N) is 2. The van der Waals surface area contributed by atoms with E-state index in [0.29, 0.717) is 35.8 Å². The molecule has 38 heavy (non-hydrogen) atoms. The van der Waals surface area contributed by atoms with Crippen LogP contribution in [0, 0.1) is 0 Å². The van der Waals surface area contributed by atoms with E-state index in [9.17, 15) is 9.59 Å². The van der Waals surface area contributed by atoms with E-state index in [0.717, 1.165) is 49.7 Å². The number of hydrogen-bond acceptors (Lipinski definition) is 8. The van der Waals surface area contributed by atoms with Crippen molar-refractivity contribution < 1.29 is 28.5 Å². The second-order valence-corrected chi connectivity index (χ2v) is 8.44. The molecule has 0 radical (unpaired) electrons. The van der Waals surface area contributed by atoms with Crippen molar-refractivity contribution in [2.24, 2.45) is 10.2 Å². The van der Waals surface area contributed by atoms with Gasteiger partial charge < -0.3 is 18.9 Å². The Kier molecular flexibility index (Phi) is 13.8. The summed E-state index contributed by atoms with van der Waals surface area (Å²) in [6.45, 7) is 0. The van der Waals surface area contributed by atoms with Gasteiger partial charge in [-0.25, -0.2) is 10.9 Å². The zero-order valence-electron chi connectivity index (χ0n) is 22.6. The molecule has 0 atom stereocenters. The molecule has 2 aromatic carbocycles. The van der Waals surface area contributed by atoms with Crippen LogP contribution in [0.15, 0.2) is 46.6 Å². The van der Waals surface area contributed by atoms with Gasteiger partial charge in [0.15, 0.2) is 23.0 Å². The Morgan fingerprint density at radius 1 is 0.605 bits per heavy atom. The summed E-state index contributed by atoms with van der Waals surface area (Å²) in [5.74, 6) is 2.23. The minimum Gasteiger partial charge on any atom is -0.493 e. The van der Waals surface area contributed by atoms with Crippen molar-refractivity contribution in [1.29, 1.82) is 0 Å². The number of carbonyl (C=O) groups excluding carboxylic acids is 2. The van der Waals surface area contributed by atoms with Crippen LogP contribution in [0.25, 0.3) is 0 Å². The van der Waals surface area contributed by atoms with Crippen LogP contribution in [0.3, 0.4) is 0 Å². The highest BCUT2D eigenvalue weighted by Crippen LogP contribution is 2.27. The molecule has 0 aliphatic heterocycles. The summed E-state index contributed by atoms with van der Waals surface area (Å²) in [4.78, 5) is 23.9. The van der Waals surface area contributed by atoms with E-state index in [4.69, 9.17) is 18.9 Å². The number of ether oxygens (including phenoxy) is 4. The summed E-state index contributed by atoms with van der Waals surface area (Å²) in [5, 5.41) is 8.00.